The van der Waals surface area contributed by atoms with Gasteiger partial charge >= 0.3 is 0 Å². The van der Waals surface area contributed by atoms with Crippen molar-refractivity contribution in [1.82, 2.24) is 0 Å². The third kappa shape index (κ3) is 3.16. The number of nitrogens with zero attached hydrogens (tertiary/aromatic N) is 1. The molecule has 0 aliphatic rings. The monoisotopic (exact) mass is 287 g/mol. The molecule has 5 heteroatoms. The van der Waals surface area contributed by atoms with Crippen molar-refractivity contribution in [3.8, 4) is 11.8 Å². The van der Waals surface area contributed by atoms with E-state index in [0.29, 0.717) is 16.9 Å². The average Bonchev–Trinajstić information content (AvgIpc) is 2.47. The molecule has 0 atom stereocenters. The van der Waals surface area contributed by atoms with E-state index in [1.165, 1.54) is 19.2 Å². The molecule has 2 aromatic rings. The molecule has 2 rings (SSSR count). The van der Waals surface area contributed by atoms with Gasteiger partial charge in [-0.25, -0.2) is 8.42 Å². The van der Waals surface area contributed by atoms with Crippen molar-refractivity contribution in [2.75, 3.05) is 7.11 Å². The zero-order valence-electron chi connectivity index (χ0n) is 10.9. The summed E-state index contributed by atoms with van der Waals surface area (Å²) < 4.78 is 29.6. The molecule has 0 aliphatic carbocycles. The highest BCUT2D eigenvalue weighted by Gasteiger charge is 2.15. The molecule has 0 saturated carbocycles. The molecular formula is C15H13NO3S. The molecule has 0 heterocycles. The summed E-state index contributed by atoms with van der Waals surface area (Å²) in [5.41, 5.74) is 1.05. The summed E-state index contributed by atoms with van der Waals surface area (Å²) in [5, 5.41) is 8.82. The lowest BCUT2D eigenvalue weighted by Crippen LogP contribution is -2.05. The summed E-state index contributed by atoms with van der Waals surface area (Å²) in [6.45, 7) is 0. The summed E-state index contributed by atoms with van der Waals surface area (Å²) in [7, 11) is -1.90. The number of hydrogen-bond donors (Lipinski definition) is 0. The van der Waals surface area contributed by atoms with Gasteiger partial charge in [0, 0.05) is 0 Å². The molecule has 0 aliphatic heterocycles. The van der Waals surface area contributed by atoms with Gasteiger partial charge in [-0.15, -0.1) is 0 Å². The van der Waals surface area contributed by atoms with Gasteiger partial charge in [-0.2, -0.15) is 5.26 Å². The summed E-state index contributed by atoms with van der Waals surface area (Å²) in [5.74, 6) is 0.477. The van der Waals surface area contributed by atoms with Crippen molar-refractivity contribution in [1.29, 1.82) is 5.26 Å². The maximum absolute atomic E-state index is 12.3. The van der Waals surface area contributed by atoms with E-state index >= 15 is 0 Å². The lowest BCUT2D eigenvalue weighted by Gasteiger charge is -2.06. The standard InChI is InChI=1S/C15H13NO3S/c1-19-14-5-7-15(8-6-14)20(17,18)11-13-4-2-3-12(9-13)10-16/h2-9H,11H2,1H3. The van der Waals surface area contributed by atoms with Gasteiger partial charge in [0.25, 0.3) is 0 Å². The number of rotatable bonds is 4. The number of nitriles is 1. The number of benzene rings is 2. The Morgan fingerprint density at radius 3 is 2.45 bits per heavy atom. The summed E-state index contributed by atoms with van der Waals surface area (Å²) in [6, 6.07) is 14.8. The van der Waals surface area contributed by atoms with E-state index in [1.807, 2.05) is 6.07 Å². The van der Waals surface area contributed by atoms with Crippen LogP contribution in [0.5, 0.6) is 5.75 Å². The molecule has 20 heavy (non-hydrogen) atoms. The summed E-state index contributed by atoms with van der Waals surface area (Å²) >= 11 is 0. The summed E-state index contributed by atoms with van der Waals surface area (Å²) in [6.07, 6.45) is 0. The van der Waals surface area contributed by atoms with Gasteiger partial charge in [-0.1, -0.05) is 12.1 Å². The molecule has 0 fully saturated rings. The van der Waals surface area contributed by atoms with Crippen LogP contribution in [-0.2, 0) is 15.6 Å². The molecule has 4 nitrogen and oxygen atoms in total. The van der Waals surface area contributed by atoms with E-state index in [1.54, 1.807) is 36.4 Å². The van der Waals surface area contributed by atoms with Gasteiger partial charge in [0.2, 0.25) is 0 Å². The predicted octanol–water partition coefficient (Wildman–Crippen LogP) is 2.54. The van der Waals surface area contributed by atoms with Gasteiger partial charge in [-0.3, -0.25) is 0 Å². The average molecular weight is 287 g/mol. The molecule has 0 N–H and O–H groups in total. The van der Waals surface area contributed by atoms with E-state index in [2.05, 4.69) is 0 Å². The number of ether oxygens (including phenoxy) is 1. The van der Waals surface area contributed by atoms with Crippen LogP contribution in [0.1, 0.15) is 11.1 Å². The molecule has 0 spiro atoms. The fraction of sp³-hybridized carbons (Fsp3) is 0.133. The largest absolute Gasteiger partial charge is 0.497 e. The lowest BCUT2D eigenvalue weighted by molar-refractivity contribution is 0.414. The molecule has 0 bridgehead atoms. The Morgan fingerprint density at radius 1 is 1.15 bits per heavy atom. The van der Waals surface area contributed by atoms with Crippen molar-refractivity contribution in [3.63, 3.8) is 0 Å². The normalized spacial score (nSPS) is 10.8. The second-order valence-electron chi connectivity index (χ2n) is 4.25. The Bertz CT molecular complexity index is 743. The smallest absolute Gasteiger partial charge is 0.182 e. The third-order valence-corrected chi connectivity index (χ3v) is 4.54. The first-order valence-corrected chi connectivity index (χ1v) is 7.56. The minimum Gasteiger partial charge on any atom is -0.497 e. The first-order chi connectivity index (χ1) is 9.55. The predicted molar refractivity (Wildman–Crippen MR) is 75.0 cm³/mol. The topological polar surface area (TPSA) is 67.2 Å². The van der Waals surface area contributed by atoms with Crippen LogP contribution in [0.2, 0.25) is 0 Å². The van der Waals surface area contributed by atoms with Gasteiger partial charge in [-0.05, 0) is 42.0 Å². The molecule has 0 aromatic heterocycles. The molecule has 0 unspecified atom stereocenters. The second-order valence-corrected chi connectivity index (χ2v) is 6.24. The zero-order chi connectivity index (χ0) is 14.6. The molecule has 102 valence electrons. The minimum absolute atomic E-state index is 0.130. The first kappa shape index (κ1) is 14.1. The van der Waals surface area contributed by atoms with Crippen LogP contribution in [0.3, 0.4) is 0 Å². The van der Waals surface area contributed by atoms with Crippen LogP contribution in [0, 0.1) is 11.3 Å². The van der Waals surface area contributed by atoms with Crippen LogP contribution in [0.15, 0.2) is 53.4 Å². The highest BCUT2D eigenvalue weighted by molar-refractivity contribution is 7.90. The maximum atomic E-state index is 12.3. The van der Waals surface area contributed by atoms with Gasteiger partial charge in [0.15, 0.2) is 9.84 Å². The van der Waals surface area contributed by atoms with E-state index in [4.69, 9.17) is 10.00 Å². The Labute approximate surface area is 118 Å². The van der Waals surface area contributed by atoms with E-state index in [-0.39, 0.29) is 10.6 Å². The third-order valence-electron chi connectivity index (χ3n) is 2.83. The molecule has 0 saturated heterocycles. The van der Waals surface area contributed by atoms with Crippen LogP contribution in [0.4, 0.5) is 0 Å². The molecule has 2 aromatic carbocycles. The van der Waals surface area contributed by atoms with Crippen molar-refractivity contribution in [2.24, 2.45) is 0 Å². The van der Waals surface area contributed by atoms with Crippen molar-refractivity contribution < 1.29 is 13.2 Å². The molecule has 0 amide bonds. The highest BCUT2D eigenvalue weighted by Crippen LogP contribution is 2.20. The van der Waals surface area contributed by atoms with Crippen molar-refractivity contribution >= 4 is 9.84 Å². The fourth-order valence-electron chi connectivity index (χ4n) is 1.82. The van der Waals surface area contributed by atoms with Gasteiger partial charge in [0.05, 0.1) is 29.4 Å². The van der Waals surface area contributed by atoms with Gasteiger partial charge < -0.3 is 4.74 Å². The number of methoxy groups -OCH3 is 1. The van der Waals surface area contributed by atoms with Crippen molar-refractivity contribution in [2.45, 2.75) is 10.6 Å². The second kappa shape index (κ2) is 5.76. The minimum atomic E-state index is -3.43. The maximum Gasteiger partial charge on any atom is 0.182 e. The van der Waals surface area contributed by atoms with E-state index in [9.17, 15) is 8.42 Å². The Kier molecular flexibility index (Phi) is 4.06. The van der Waals surface area contributed by atoms with E-state index < -0.39 is 9.84 Å². The first-order valence-electron chi connectivity index (χ1n) is 5.91. The van der Waals surface area contributed by atoms with Crippen LogP contribution < -0.4 is 4.74 Å². The summed E-state index contributed by atoms with van der Waals surface area (Å²) in [4.78, 5) is 0.237. The lowest BCUT2D eigenvalue weighted by atomic mass is 10.2. The van der Waals surface area contributed by atoms with Gasteiger partial charge in [0.1, 0.15) is 5.75 Å². The Hall–Kier alpha value is -2.32. The highest BCUT2D eigenvalue weighted by atomic mass is 32.2. The fourth-order valence-corrected chi connectivity index (χ4v) is 3.15. The van der Waals surface area contributed by atoms with Crippen LogP contribution in [-0.4, -0.2) is 15.5 Å². The molecule has 0 radical (unpaired) electrons. The number of hydrogen-bond acceptors (Lipinski definition) is 4. The van der Waals surface area contributed by atoms with Crippen LogP contribution >= 0.6 is 0 Å². The molecular weight excluding hydrogens is 274 g/mol. The SMILES string of the molecule is COc1ccc(S(=O)(=O)Cc2cccc(C#N)c2)cc1. The Balaban J connectivity index is 2.28. The Morgan fingerprint density at radius 2 is 1.85 bits per heavy atom. The van der Waals surface area contributed by atoms with Crippen LogP contribution in [0.25, 0.3) is 0 Å². The zero-order valence-corrected chi connectivity index (χ0v) is 11.7. The van der Waals surface area contributed by atoms with Crippen molar-refractivity contribution in [3.05, 3.63) is 59.7 Å². The van der Waals surface area contributed by atoms with E-state index in [0.717, 1.165) is 0 Å². The number of sulfone groups is 1. The quantitative estimate of drug-likeness (QED) is 0.866.